The maximum Gasteiger partial charge on any atom is 0.155 e. The van der Waals surface area contributed by atoms with Crippen molar-refractivity contribution in [2.24, 2.45) is 0 Å². The first-order valence-corrected chi connectivity index (χ1v) is 8.47. The fourth-order valence-electron chi connectivity index (χ4n) is 2.60. The molecular weight excluding hydrogens is 278 g/mol. The molecule has 0 amide bonds. The van der Waals surface area contributed by atoms with Crippen molar-refractivity contribution >= 4 is 26.7 Å². The highest BCUT2D eigenvalue weighted by Gasteiger charge is 2.28. The Hall–Kier alpha value is -1.70. The van der Waals surface area contributed by atoms with E-state index in [2.05, 4.69) is 20.4 Å². The van der Waals surface area contributed by atoms with Gasteiger partial charge in [-0.3, -0.25) is 4.68 Å². The summed E-state index contributed by atoms with van der Waals surface area (Å²) in [6.07, 6.45) is 2.11. The molecule has 1 saturated heterocycles. The number of anilines is 1. The second-order valence-corrected chi connectivity index (χ2v) is 7.29. The first-order chi connectivity index (χ1) is 9.50. The smallest absolute Gasteiger partial charge is 0.155 e. The van der Waals surface area contributed by atoms with Crippen LogP contribution in [-0.4, -0.2) is 45.7 Å². The maximum atomic E-state index is 11.5. The minimum atomic E-state index is -2.91. The summed E-state index contributed by atoms with van der Waals surface area (Å²) in [6.45, 7) is 4.63. The Morgan fingerprint density at radius 1 is 1.45 bits per heavy atom. The van der Waals surface area contributed by atoms with E-state index < -0.39 is 9.84 Å². The lowest BCUT2D eigenvalue weighted by Gasteiger charge is -2.12. The van der Waals surface area contributed by atoms with Crippen molar-refractivity contribution in [1.29, 1.82) is 0 Å². The summed E-state index contributed by atoms with van der Waals surface area (Å²) in [5.41, 5.74) is 2.51. The van der Waals surface area contributed by atoms with Gasteiger partial charge < -0.3 is 5.32 Å². The van der Waals surface area contributed by atoms with E-state index in [1.807, 2.05) is 18.5 Å². The van der Waals surface area contributed by atoms with E-state index >= 15 is 0 Å². The molecule has 1 aliphatic heterocycles. The second kappa shape index (κ2) is 4.69. The first kappa shape index (κ1) is 13.3. The van der Waals surface area contributed by atoms with Gasteiger partial charge in [0.2, 0.25) is 0 Å². The lowest BCUT2D eigenvalue weighted by atomic mass is 10.2. The van der Waals surface area contributed by atoms with Crippen LogP contribution in [0.15, 0.2) is 6.33 Å². The van der Waals surface area contributed by atoms with Crippen LogP contribution in [0.1, 0.15) is 19.0 Å². The molecule has 0 aliphatic carbocycles. The zero-order chi connectivity index (χ0) is 14.3. The van der Waals surface area contributed by atoms with E-state index in [0.717, 1.165) is 23.3 Å². The van der Waals surface area contributed by atoms with Crippen LogP contribution in [0.3, 0.4) is 0 Å². The van der Waals surface area contributed by atoms with E-state index in [0.29, 0.717) is 12.2 Å². The predicted octanol–water partition coefficient (Wildman–Crippen LogP) is 0.754. The molecule has 0 saturated carbocycles. The van der Waals surface area contributed by atoms with Crippen LogP contribution in [0.25, 0.3) is 11.0 Å². The average Bonchev–Trinajstić information content (AvgIpc) is 2.91. The van der Waals surface area contributed by atoms with E-state index in [-0.39, 0.29) is 17.5 Å². The van der Waals surface area contributed by atoms with Gasteiger partial charge in [-0.05, 0) is 20.3 Å². The Morgan fingerprint density at radius 2 is 2.25 bits per heavy atom. The predicted molar refractivity (Wildman–Crippen MR) is 76.4 cm³/mol. The van der Waals surface area contributed by atoms with Crippen molar-refractivity contribution in [3.63, 3.8) is 0 Å². The first-order valence-electron chi connectivity index (χ1n) is 6.65. The number of rotatable bonds is 3. The molecule has 7 nitrogen and oxygen atoms in total. The summed E-state index contributed by atoms with van der Waals surface area (Å²) in [5.74, 6) is 1.07. The van der Waals surface area contributed by atoms with Gasteiger partial charge >= 0.3 is 0 Å². The Morgan fingerprint density at radius 3 is 2.90 bits per heavy atom. The molecule has 2 aromatic heterocycles. The zero-order valence-corrected chi connectivity index (χ0v) is 12.3. The van der Waals surface area contributed by atoms with Crippen LogP contribution in [0.4, 0.5) is 5.82 Å². The third kappa shape index (κ3) is 2.24. The van der Waals surface area contributed by atoms with Gasteiger partial charge in [0.05, 0.1) is 17.2 Å². The molecule has 1 atom stereocenters. The molecule has 0 bridgehead atoms. The van der Waals surface area contributed by atoms with Crippen LogP contribution >= 0.6 is 0 Å². The van der Waals surface area contributed by atoms with Gasteiger partial charge in [-0.1, -0.05) is 0 Å². The number of aryl methyl sites for hydroxylation is 2. The molecule has 108 valence electrons. The van der Waals surface area contributed by atoms with Crippen molar-refractivity contribution in [3.8, 4) is 0 Å². The van der Waals surface area contributed by atoms with Crippen LogP contribution in [0, 0.1) is 6.92 Å². The number of hydrogen-bond acceptors (Lipinski definition) is 6. The molecular formula is C12H17N5O2S. The highest BCUT2D eigenvalue weighted by atomic mass is 32.2. The van der Waals surface area contributed by atoms with Crippen molar-refractivity contribution in [3.05, 3.63) is 12.0 Å². The number of aromatic nitrogens is 4. The van der Waals surface area contributed by atoms with Crippen molar-refractivity contribution in [2.75, 3.05) is 16.8 Å². The molecule has 1 fully saturated rings. The number of nitrogens with one attached hydrogen (secondary N) is 1. The topological polar surface area (TPSA) is 89.8 Å². The van der Waals surface area contributed by atoms with Gasteiger partial charge in [-0.15, -0.1) is 0 Å². The van der Waals surface area contributed by atoms with E-state index in [9.17, 15) is 8.42 Å². The third-order valence-electron chi connectivity index (χ3n) is 3.57. The minimum absolute atomic E-state index is 0.0846. The number of fused-ring (bicyclic) bond motifs is 1. The number of hydrogen-bond donors (Lipinski definition) is 1. The van der Waals surface area contributed by atoms with Crippen molar-refractivity contribution in [2.45, 2.75) is 32.9 Å². The SMILES string of the molecule is CCn1nc(C)c2ncnc(NC3CCS(=O)(=O)C3)c21. The van der Waals surface area contributed by atoms with E-state index in [4.69, 9.17) is 0 Å². The van der Waals surface area contributed by atoms with Crippen LogP contribution < -0.4 is 5.32 Å². The summed E-state index contributed by atoms with van der Waals surface area (Å²) in [5, 5.41) is 7.66. The lowest BCUT2D eigenvalue weighted by Crippen LogP contribution is -2.22. The molecule has 3 rings (SSSR count). The molecule has 0 radical (unpaired) electrons. The largest absolute Gasteiger partial charge is 0.364 e. The molecule has 0 spiro atoms. The Balaban J connectivity index is 2.00. The fourth-order valence-corrected chi connectivity index (χ4v) is 4.28. The molecule has 8 heteroatoms. The van der Waals surface area contributed by atoms with Crippen LogP contribution in [0.2, 0.25) is 0 Å². The maximum absolute atomic E-state index is 11.5. The number of nitrogens with zero attached hydrogens (tertiary/aromatic N) is 4. The second-order valence-electron chi connectivity index (χ2n) is 5.06. The standard InChI is InChI=1S/C12H17N5O2S/c1-3-17-11-10(8(2)16-17)13-7-14-12(11)15-9-4-5-20(18,19)6-9/h7,9H,3-6H2,1-2H3,(H,13,14,15). The summed E-state index contributed by atoms with van der Waals surface area (Å²) >= 11 is 0. The van der Waals surface area contributed by atoms with Crippen LogP contribution in [-0.2, 0) is 16.4 Å². The van der Waals surface area contributed by atoms with Crippen molar-refractivity contribution in [1.82, 2.24) is 19.7 Å². The van der Waals surface area contributed by atoms with Crippen molar-refractivity contribution < 1.29 is 8.42 Å². The monoisotopic (exact) mass is 295 g/mol. The third-order valence-corrected chi connectivity index (χ3v) is 5.33. The van der Waals surface area contributed by atoms with Gasteiger partial charge in [-0.25, -0.2) is 18.4 Å². The Kier molecular flexibility index (Phi) is 3.12. The molecule has 0 aromatic carbocycles. The zero-order valence-electron chi connectivity index (χ0n) is 11.5. The molecule has 3 heterocycles. The summed E-state index contributed by atoms with van der Waals surface area (Å²) in [6, 6.07) is -0.0846. The van der Waals surface area contributed by atoms with Gasteiger partial charge in [0, 0.05) is 12.6 Å². The van der Waals surface area contributed by atoms with Gasteiger partial charge in [0.15, 0.2) is 15.7 Å². The fraction of sp³-hybridized carbons (Fsp3) is 0.583. The van der Waals surface area contributed by atoms with Gasteiger partial charge in [-0.2, -0.15) is 5.10 Å². The molecule has 20 heavy (non-hydrogen) atoms. The minimum Gasteiger partial charge on any atom is -0.364 e. The molecule has 2 aromatic rings. The van der Waals surface area contributed by atoms with Crippen LogP contribution in [0.5, 0.6) is 0 Å². The average molecular weight is 295 g/mol. The molecule has 1 N–H and O–H groups in total. The van der Waals surface area contributed by atoms with Gasteiger partial charge in [0.25, 0.3) is 0 Å². The summed E-state index contributed by atoms with van der Waals surface area (Å²) in [7, 11) is -2.91. The highest BCUT2D eigenvalue weighted by molar-refractivity contribution is 7.91. The quantitative estimate of drug-likeness (QED) is 0.899. The van der Waals surface area contributed by atoms with Gasteiger partial charge in [0.1, 0.15) is 17.4 Å². The Labute approximate surface area is 117 Å². The summed E-state index contributed by atoms with van der Waals surface area (Å²) < 4.78 is 24.9. The lowest BCUT2D eigenvalue weighted by molar-refractivity contribution is 0.602. The molecule has 1 unspecified atom stereocenters. The van der Waals surface area contributed by atoms with E-state index in [1.54, 1.807) is 0 Å². The summed E-state index contributed by atoms with van der Waals surface area (Å²) in [4.78, 5) is 8.52. The number of sulfone groups is 1. The van der Waals surface area contributed by atoms with E-state index in [1.165, 1.54) is 6.33 Å². The highest BCUT2D eigenvalue weighted by Crippen LogP contribution is 2.24. The Bertz CT molecular complexity index is 753. The normalized spacial score (nSPS) is 21.4. The molecule has 1 aliphatic rings.